The lowest BCUT2D eigenvalue weighted by molar-refractivity contribution is -0.117. The lowest BCUT2D eigenvalue weighted by Crippen LogP contribution is -2.37. The van der Waals surface area contributed by atoms with Crippen LogP contribution < -0.4 is 9.04 Å². The maximum Gasteiger partial charge on any atom is 0.270 e. The van der Waals surface area contributed by atoms with E-state index in [2.05, 4.69) is 0 Å². The summed E-state index contributed by atoms with van der Waals surface area (Å²) in [4.78, 5) is 13.2. The zero-order valence-electron chi connectivity index (χ0n) is 16.7. The fourth-order valence-electron chi connectivity index (χ4n) is 3.01. The molecule has 0 atom stereocenters. The molecule has 0 saturated carbocycles. The fourth-order valence-corrected chi connectivity index (χ4v) is 4.70. The van der Waals surface area contributed by atoms with E-state index in [0.717, 1.165) is 15.4 Å². The Bertz CT molecular complexity index is 1130. The summed E-state index contributed by atoms with van der Waals surface area (Å²) in [5.41, 5.74) is 2.04. The van der Waals surface area contributed by atoms with Crippen LogP contribution in [0.25, 0.3) is 0 Å². The number of nitrogens with zero attached hydrogens (tertiary/aromatic N) is 1. The molecule has 0 aliphatic carbocycles. The van der Waals surface area contributed by atoms with Crippen molar-refractivity contribution >= 4 is 33.2 Å². The molecule has 1 amide bonds. The number of amides is 1. The van der Waals surface area contributed by atoms with E-state index in [0.29, 0.717) is 12.2 Å². The molecule has 0 aliphatic rings. The standard InChI is InChI=1S/C23H22ClNO4S/c1-17-8-12-20(13-9-17)30(27,28)25(19-11-14-22(29-2)21(24)16-19)23(26)15-10-18-6-4-3-5-7-18/h3-9,11-14,16H,10,15H2,1-2H3. The van der Waals surface area contributed by atoms with Gasteiger partial charge in [0.1, 0.15) is 5.75 Å². The number of rotatable bonds is 7. The third kappa shape index (κ3) is 4.83. The van der Waals surface area contributed by atoms with Crippen molar-refractivity contribution < 1.29 is 17.9 Å². The predicted molar refractivity (Wildman–Crippen MR) is 119 cm³/mol. The van der Waals surface area contributed by atoms with Crippen LogP contribution in [0, 0.1) is 6.92 Å². The summed E-state index contributed by atoms with van der Waals surface area (Å²) in [7, 11) is -2.66. The van der Waals surface area contributed by atoms with Crippen LogP contribution in [0.5, 0.6) is 5.75 Å². The quantitative estimate of drug-likeness (QED) is 0.514. The summed E-state index contributed by atoms with van der Waals surface area (Å²) in [6.45, 7) is 1.86. The number of methoxy groups -OCH3 is 1. The number of halogens is 1. The molecule has 0 fully saturated rings. The van der Waals surface area contributed by atoms with E-state index in [1.807, 2.05) is 37.3 Å². The number of benzene rings is 3. The SMILES string of the molecule is COc1ccc(N(C(=O)CCc2ccccc2)S(=O)(=O)c2ccc(C)cc2)cc1Cl. The first-order valence-electron chi connectivity index (χ1n) is 9.35. The minimum atomic E-state index is -4.13. The van der Waals surface area contributed by atoms with Gasteiger partial charge in [-0.2, -0.15) is 0 Å². The minimum Gasteiger partial charge on any atom is -0.495 e. The topological polar surface area (TPSA) is 63.7 Å². The molecule has 7 heteroatoms. The number of hydrogen-bond acceptors (Lipinski definition) is 4. The van der Waals surface area contributed by atoms with Crippen LogP contribution in [0.3, 0.4) is 0 Å². The molecule has 0 spiro atoms. The van der Waals surface area contributed by atoms with Gasteiger partial charge in [0.05, 0.1) is 22.7 Å². The van der Waals surface area contributed by atoms with Crippen molar-refractivity contribution in [2.24, 2.45) is 0 Å². The Morgan fingerprint density at radius 1 is 1.00 bits per heavy atom. The summed E-state index contributed by atoms with van der Waals surface area (Å²) >= 11 is 6.21. The number of aryl methyl sites for hydroxylation is 2. The van der Waals surface area contributed by atoms with Crippen molar-refractivity contribution in [1.82, 2.24) is 0 Å². The number of hydrogen-bond donors (Lipinski definition) is 0. The smallest absolute Gasteiger partial charge is 0.270 e. The molecule has 3 aromatic rings. The average molecular weight is 444 g/mol. The molecule has 3 rings (SSSR count). The normalized spacial score (nSPS) is 11.2. The molecule has 0 radical (unpaired) electrons. The zero-order valence-corrected chi connectivity index (χ0v) is 18.3. The van der Waals surface area contributed by atoms with E-state index in [-0.39, 0.29) is 22.0 Å². The van der Waals surface area contributed by atoms with Crippen LogP contribution >= 0.6 is 11.6 Å². The molecule has 0 heterocycles. The second-order valence-electron chi connectivity index (χ2n) is 6.78. The van der Waals surface area contributed by atoms with Crippen molar-refractivity contribution in [3.05, 3.63) is 88.9 Å². The Morgan fingerprint density at radius 3 is 2.27 bits per heavy atom. The lowest BCUT2D eigenvalue weighted by Gasteiger charge is -2.23. The summed E-state index contributed by atoms with van der Waals surface area (Å²) in [5.74, 6) is -0.148. The molecule has 5 nitrogen and oxygen atoms in total. The van der Waals surface area contributed by atoms with E-state index in [4.69, 9.17) is 16.3 Å². The van der Waals surface area contributed by atoms with Crippen LogP contribution in [0.2, 0.25) is 5.02 Å². The summed E-state index contributed by atoms with van der Waals surface area (Å²) in [5, 5.41) is 0.218. The highest BCUT2D eigenvalue weighted by Crippen LogP contribution is 2.32. The maximum atomic E-state index is 13.4. The molecule has 0 N–H and O–H groups in total. The number of carbonyl (C=O) groups excluding carboxylic acids is 1. The Hall–Kier alpha value is -2.83. The molecule has 0 unspecified atom stereocenters. The Kier molecular flexibility index (Phi) is 6.80. The first kappa shape index (κ1) is 21.9. The maximum absolute atomic E-state index is 13.4. The minimum absolute atomic E-state index is 0.0265. The largest absolute Gasteiger partial charge is 0.495 e. The average Bonchev–Trinajstić information content (AvgIpc) is 2.73. The Labute approximate surface area is 181 Å². The fraction of sp³-hybridized carbons (Fsp3) is 0.174. The highest BCUT2D eigenvalue weighted by molar-refractivity contribution is 7.93. The van der Waals surface area contributed by atoms with E-state index >= 15 is 0 Å². The number of ether oxygens (including phenoxy) is 1. The zero-order chi connectivity index (χ0) is 21.7. The van der Waals surface area contributed by atoms with Gasteiger partial charge in [-0.05, 0) is 49.2 Å². The number of carbonyl (C=O) groups is 1. The van der Waals surface area contributed by atoms with Gasteiger partial charge in [-0.25, -0.2) is 12.7 Å². The second-order valence-corrected chi connectivity index (χ2v) is 8.97. The first-order valence-corrected chi connectivity index (χ1v) is 11.2. The van der Waals surface area contributed by atoms with Crippen LogP contribution in [0.15, 0.2) is 77.7 Å². The molecule has 3 aromatic carbocycles. The molecule has 156 valence electrons. The summed E-state index contributed by atoms with van der Waals surface area (Å²) in [6.07, 6.45) is 0.447. The molecule has 0 bridgehead atoms. The second kappa shape index (κ2) is 9.32. The Balaban J connectivity index is 2.00. The van der Waals surface area contributed by atoms with Gasteiger partial charge in [-0.3, -0.25) is 4.79 Å². The molecular formula is C23H22ClNO4S. The number of sulfonamides is 1. The molecule has 0 aromatic heterocycles. The monoisotopic (exact) mass is 443 g/mol. The van der Waals surface area contributed by atoms with Crippen LogP contribution in [0.1, 0.15) is 17.5 Å². The third-order valence-electron chi connectivity index (χ3n) is 4.63. The highest BCUT2D eigenvalue weighted by Gasteiger charge is 2.31. The highest BCUT2D eigenvalue weighted by atomic mass is 35.5. The Morgan fingerprint density at radius 2 is 1.67 bits per heavy atom. The van der Waals surface area contributed by atoms with Gasteiger partial charge in [-0.1, -0.05) is 59.6 Å². The number of anilines is 1. The van der Waals surface area contributed by atoms with Crippen molar-refractivity contribution in [1.29, 1.82) is 0 Å². The van der Waals surface area contributed by atoms with Crippen LogP contribution in [-0.4, -0.2) is 21.4 Å². The van der Waals surface area contributed by atoms with Crippen molar-refractivity contribution in [2.75, 3.05) is 11.4 Å². The summed E-state index contributed by atoms with van der Waals surface area (Å²) in [6, 6.07) is 20.3. The molecule has 30 heavy (non-hydrogen) atoms. The summed E-state index contributed by atoms with van der Waals surface area (Å²) < 4.78 is 32.8. The van der Waals surface area contributed by atoms with Gasteiger partial charge in [0, 0.05) is 6.42 Å². The van der Waals surface area contributed by atoms with Crippen molar-refractivity contribution in [3.8, 4) is 5.75 Å². The molecular weight excluding hydrogens is 422 g/mol. The van der Waals surface area contributed by atoms with Gasteiger partial charge in [0.25, 0.3) is 10.0 Å². The van der Waals surface area contributed by atoms with Crippen molar-refractivity contribution in [3.63, 3.8) is 0 Å². The van der Waals surface area contributed by atoms with Crippen LogP contribution in [0.4, 0.5) is 5.69 Å². The van der Waals surface area contributed by atoms with E-state index in [1.165, 1.54) is 31.4 Å². The van der Waals surface area contributed by atoms with Gasteiger partial charge in [0.2, 0.25) is 5.91 Å². The van der Waals surface area contributed by atoms with E-state index in [1.54, 1.807) is 18.2 Å². The van der Waals surface area contributed by atoms with Crippen molar-refractivity contribution in [2.45, 2.75) is 24.7 Å². The molecule has 0 saturated heterocycles. The first-order chi connectivity index (χ1) is 14.3. The van der Waals surface area contributed by atoms with Gasteiger partial charge >= 0.3 is 0 Å². The van der Waals surface area contributed by atoms with E-state index < -0.39 is 15.9 Å². The molecule has 0 aliphatic heterocycles. The predicted octanol–water partition coefficient (Wildman–Crippen LogP) is 5.01. The van der Waals surface area contributed by atoms with Gasteiger partial charge in [0.15, 0.2) is 0 Å². The van der Waals surface area contributed by atoms with Gasteiger partial charge < -0.3 is 4.74 Å². The van der Waals surface area contributed by atoms with Gasteiger partial charge in [-0.15, -0.1) is 0 Å². The van der Waals surface area contributed by atoms with E-state index in [9.17, 15) is 13.2 Å². The third-order valence-corrected chi connectivity index (χ3v) is 6.68. The van der Waals surface area contributed by atoms with Crippen LogP contribution in [-0.2, 0) is 21.2 Å². The lowest BCUT2D eigenvalue weighted by atomic mass is 10.1.